The van der Waals surface area contributed by atoms with Crippen LogP contribution < -0.4 is 5.73 Å². The fraction of sp³-hybridized carbons (Fsp3) is 0.188. The summed E-state index contributed by atoms with van der Waals surface area (Å²) >= 11 is 4.94. The van der Waals surface area contributed by atoms with E-state index in [0.29, 0.717) is 12.2 Å². The number of nitrogens with two attached hydrogens (primary N) is 1. The normalized spacial score (nSPS) is 13.9. The van der Waals surface area contributed by atoms with Crippen molar-refractivity contribution in [3.05, 3.63) is 65.0 Å². The van der Waals surface area contributed by atoms with Crippen molar-refractivity contribution >= 4 is 23.1 Å². The molecule has 0 bridgehead atoms. The lowest BCUT2D eigenvalue weighted by Gasteiger charge is -2.28. The molecule has 0 fully saturated rings. The lowest BCUT2D eigenvalue weighted by molar-refractivity contribution is 0.0727. The van der Waals surface area contributed by atoms with Gasteiger partial charge in [0.05, 0.1) is 5.69 Å². The maximum Gasteiger partial charge on any atom is 0.254 e. The van der Waals surface area contributed by atoms with Crippen LogP contribution in [0.2, 0.25) is 0 Å². The minimum Gasteiger partial charge on any atom is -0.388 e. The molecule has 2 heterocycles. The standard InChI is InChI=1S/C16H15N3OS/c17-15(21)14-9-11(5-7-18-14)10-19-8-6-12-3-1-2-4-13(12)16(19)20/h1-5,7,9H,6,8,10H2,(H2,17,21). The van der Waals surface area contributed by atoms with E-state index in [4.69, 9.17) is 18.0 Å². The highest BCUT2D eigenvalue weighted by Gasteiger charge is 2.23. The molecule has 106 valence electrons. The van der Waals surface area contributed by atoms with Crippen LogP contribution in [-0.4, -0.2) is 27.3 Å². The van der Waals surface area contributed by atoms with E-state index in [9.17, 15) is 4.79 Å². The van der Waals surface area contributed by atoms with Gasteiger partial charge in [-0.05, 0) is 35.7 Å². The van der Waals surface area contributed by atoms with Gasteiger partial charge in [0.2, 0.25) is 0 Å². The van der Waals surface area contributed by atoms with Crippen LogP contribution in [0.4, 0.5) is 0 Å². The Labute approximate surface area is 128 Å². The van der Waals surface area contributed by atoms with Crippen LogP contribution in [0.3, 0.4) is 0 Å². The van der Waals surface area contributed by atoms with Crippen molar-refractivity contribution in [3.63, 3.8) is 0 Å². The maximum absolute atomic E-state index is 12.5. The van der Waals surface area contributed by atoms with E-state index in [1.54, 1.807) is 6.20 Å². The number of hydrogen-bond donors (Lipinski definition) is 1. The zero-order valence-electron chi connectivity index (χ0n) is 11.5. The zero-order valence-corrected chi connectivity index (χ0v) is 12.3. The molecule has 4 nitrogen and oxygen atoms in total. The van der Waals surface area contributed by atoms with Gasteiger partial charge in [0.25, 0.3) is 5.91 Å². The number of benzene rings is 1. The van der Waals surface area contributed by atoms with Crippen molar-refractivity contribution in [2.75, 3.05) is 6.54 Å². The molecule has 0 atom stereocenters. The van der Waals surface area contributed by atoms with E-state index < -0.39 is 0 Å². The smallest absolute Gasteiger partial charge is 0.254 e. The quantitative estimate of drug-likeness (QED) is 0.879. The second-order valence-electron chi connectivity index (χ2n) is 5.05. The van der Waals surface area contributed by atoms with Crippen LogP contribution in [0.5, 0.6) is 0 Å². The predicted molar refractivity (Wildman–Crippen MR) is 85.0 cm³/mol. The minimum atomic E-state index is 0.0746. The van der Waals surface area contributed by atoms with E-state index in [2.05, 4.69) is 4.98 Å². The number of hydrogen-bond acceptors (Lipinski definition) is 3. The Morgan fingerprint density at radius 1 is 1.33 bits per heavy atom. The molecule has 1 amide bonds. The monoisotopic (exact) mass is 297 g/mol. The minimum absolute atomic E-state index is 0.0746. The molecule has 0 unspecified atom stereocenters. The number of carbonyl (C=O) groups excluding carboxylic acids is 1. The van der Waals surface area contributed by atoms with E-state index in [0.717, 1.165) is 29.7 Å². The van der Waals surface area contributed by atoms with Crippen molar-refractivity contribution in [1.82, 2.24) is 9.88 Å². The van der Waals surface area contributed by atoms with Crippen molar-refractivity contribution in [1.29, 1.82) is 0 Å². The van der Waals surface area contributed by atoms with E-state index >= 15 is 0 Å². The Morgan fingerprint density at radius 3 is 2.95 bits per heavy atom. The van der Waals surface area contributed by atoms with Crippen molar-refractivity contribution < 1.29 is 4.79 Å². The SMILES string of the molecule is NC(=S)c1cc(CN2CCc3ccccc3C2=O)ccn1. The highest BCUT2D eigenvalue weighted by Crippen LogP contribution is 2.20. The van der Waals surface area contributed by atoms with Crippen LogP contribution in [0.15, 0.2) is 42.6 Å². The van der Waals surface area contributed by atoms with E-state index in [-0.39, 0.29) is 10.9 Å². The Hall–Kier alpha value is -2.27. The predicted octanol–water partition coefficient (Wildman–Crippen LogP) is 1.91. The fourth-order valence-corrected chi connectivity index (χ4v) is 2.66. The first-order chi connectivity index (χ1) is 10.1. The summed E-state index contributed by atoms with van der Waals surface area (Å²) in [6, 6.07) is 11.5. The van der Waals surface area contributed by atoms with Crippen LogP contribution >= 0.6 is 12.2 Å². The first kappa shape index (κ1) is 13.7. The van der Waals surface area contributed by atoms with Gasteiger partial charge in [0, 0.05) is 24.8 Å². The number of fused-ring (bicyclic) bond motifs is 1. The Kier molecular flexibility index (Phi) is 3.66. The van der Waals surface area contributed by atoms with Crippen molar-refractivity contribution in [2.45, 2.75) is 13.0 Å². The summed E-state index contributed by atoms with van der Waals surface area (Å²) in [4.78, 5) is 18.7. The first-order valence-corrected chi connectivity index (χ1v) is 7.18. The zero-order chi connectivity index (χ0) is 14.8. The average Bonchev–Trinajstić information content (AvgIpc) is 2.51. The number of thiocarbonyl (C=S) groups is 1. The third kappa shape index (κ3) is 2.78. The summed E-state index contributed by atoms with van der Waals surface area (Å²) < 4.78 is 0. The van der Waals surface area contributed by atoms with Gasteiger partial charge in [0.1, 0.15) is 4.99 Å². The molecule has 0 radical (unpaired) electrons. The van der Waals surface area contributed by atoms with Gasteiger partial charge in [-0.3, -0.25) is 9.78 Å². The van der Waals surface area contributed by atoms with Crippen molar-refractivity contribution in [2.24, 2.45) is 5.73 Å². The molecule has 1 aromatic carbocycles. The molecule has 0 saturated carbocycles. The van der Waals surface area contributed by atoms with Gasteiger partial charge in [-0.25, -0.2) is 0 Å². The second-order valence-corrected chi connectivity index (χ2v) is 5.49. The molecule has 0 saturated heterocycles. The van der Waals surface area contributed by atoms with Gasteiger partial charge in [-0.2, -0.15) is 0 Å². The van der Waals surface area contributed by atoms with Gasteiger partial charge in [0.15, 0.2) is 0 Å². The fourth-order valence-electron chi connectivity index (χ4n) is 2.55. The Balaban J connectivity index is 1.82. The highest BCUT2D eigenvalue weighted by molar-refractivity contribution is 7.80. The molecule has 1 aromatic heterocycles. The lowest BCUT2D eigenvalue weighted by Crippen LogP contribution is -2.37. The van der Waals surface area contributed by atoms with Crippen LogP contribution in [0, 0.1) is 0 Å². The summed E-state index contributed by atoms with van der Waals surface area (Å²) in [5.74, 6) is 0.0746. The summed E-state index contributed by atoms with van der Waals surface area (Å²) in [5, 5.41) is 0. The highest BCUT2D eigenvalue weighted by atomic mass is 32.1. The molecule has 0 aliphatic carbocycles. The topological polar surface area (TPSA) is 59.2 Å². The average molecular weight is 297 g/mol. The third-order valence-electron chi connectivity index (χ3n) is 3.64. The molecule has 5 heteroatoms. The van der Waals surface area contributed by atoms with E-state index in [1.165, 1.54) is 0 Å². The van der Waals surface area contributed by atoms with Gasteiger partial charge < -0.3 is 10.6 Å². The maximum atomic E-state index is 12.5. The molecule has 2 N–H and O–H groups in total. The summed E-state index contributed by atoms with van der Waals surface area (Å²) in [5.41, 5.74) is 9.09. The Morgan fingerprint density at radius 2 is 2.14 bits per heavy atom. The third-order valence-corrected chi connectivity index (χ3v) is 3.85. The summed E-state index contributed by atoms with van der Waals surface area (Å²) in [6.07, 6.45) is 2.56. The number of nitrogens with zero attached hydrogens (tertiary/aromatic N) is 2. The lowest BCUT2D eigenvalue weighted by atomic mass is 9.99. The molecular weight excluding hydrogens is 282 g/mol. The summed E-state index contributed by atoms with van der Waals surface area (Å²) in [7, 11) is 0. The number of amides is 1. The molecular formula is C16H15N3OS. The first-order valence-electron chi connectivity index (χ1n) is 6.77. The molecule has 1 aliphatic rings. The number of pyridine rings is 1. The van der Waals surface area contributed by atoms with Crippen LogP contribution in [0.25, 0.3) is 0 Å². The molecule has 2 aromatic rings. The molecule has 0 spiro atoms. The molecule has 21 heavy (non-hydrogen) atoms. The van der Waals surface area contributed by atoms with Crippen LogP contribution in [0.1, 0.15) is 27.2 Å². The van der Waals surface area contributed by atoms with Gasteiger partial charge in [-0.1, -0.05) is 30.4 Å². The molecule has 3 rings (SSSR count). The van der Waals surface area contributed by atoms with Crippen LogP contribution in [-0.2, 0) is 13.0 Å². The van der Waals surface area contributed by atoms with Gasteiger partial charge in [-0.15, -0.1) is 0 Å². The van der Waals surface area contributed by atoms with Crippen molar-refractivity contribution in [3.8, 4) is 0 Å². The second kappa shape index (κ2) is 5.61. The Bertz CT molecular complexity index is 714. The van der Waals surface area contributed by atoms with E-state index in [1.807, 2.05) is 41.3 Å². The molecule has 1 aliphatic heterocycles. The number of carbonyl (C=O) groups is 1. The van der Waals surface area contributed by atoms with Gasteiger partial charge >= 0.3 is 0 Å². The number of rotatable bonds is 3. The number of aromatic nitrogens is 1. The largest absolute Gasteiger partial charge is 0.388 e. The summed E-state index contributed by atoms with van der Waals surface area (Å²) in [6.45, 7) is 1.27.